The minimum atomic E-state index is 0.187. The number of carbonyl (C=O) groups excluding carboxylic acids is 1. The predicted octanol–water partition coefficient (Wildman–Crippen LogP) is 3.03. The van der Waals surface area contributed by atoms with E-state index in [1.807, 2.05) is 31.2 Å². The van der Waals surface area contributed by atoms with Crippen LogP contribution in [-0.4, -0.2) is 17.4 Å². The van der Waals surface area contributed by atoms with Gasteiger partial charge in [-0.15, -0.1) is 11.3 Å². The Morgan fingerprint density at radius 1 is 1.44 bits per heavy atom. The number of ether oxygens (including phenoxy) is 1. The van der Waals surface area contributed by atoms with Gasteiger partial charge in [-0.3, -0.25) is 9.78 Å². The number of thiazole rings is 1. The van der Waals surface area contributed by atoms with Crippen molar-refractivity contribution in [2.24, 2.45) is 0 Å². The average molecular weight is 261 g/mol. The summed E-state index contributed by atoms with van der Waals surface area (Å²) in [4.78, 5) is 16.6. The van der Waals surface area contributed by atoms with E-state index in [2.05, 4.69) is 4.98 Å². The van der Waals surface area contributed by atoms with E-state index >= 15 is 0 Å². The Kier molecular flexibility index (Phi) is 4.47. The van der Waals surface area contributed by atoms with E-state index in [-0.39, 0.29) is 5.78 Å². The number of ketones is 1. The monoisotopic (exact) mass is 261 g/mol. The molecule has 94 valence electrons. The van der Waals surface area contributed by atoms with Crippen molar-refractivity contribution in [2.45, 2.75) is 19.8 Å². The smallest absolute Gasteiger partial charge is 0.141 e. The maximum atomic E-state index is 11.7. The highest BCUT2D eigenvalue weighted by Gasteiger charge is 2.05. The molecule has 1 aromatic carbocycles. The number of aromatic nitrogens is 1. The molecule has 0 saturated carbocycles. The lowest BCUT2D eigenvalue weighted by Gasteiger charge is -2.05. The topological polar surface area (TPSA) is 39.2 Å². The van der Waals surface area contributed by atoms with Crippen LogP contribution in [0.2, 0.25) is 0 Å². The highest BCUT2D eigenvalue weighted by Crippen LogP contribution is 2.13. The SMILES string of the molecule is Cc1cccc(OCCC(=O)Cc2cncs2)c1. The fraction of sp³-hybridized carbons (Fsp3) is 0.286. The molecule has 2 aromatic rings. The van der Waals surface area contributed by atoms with E-state index in [9.17, 15) is 4.79 Å². The summed E-state index contributed by atoms with van der Waals surface area (Å²) in [7, 11) is 0. The zero-order valence-corrected chi connectivity index (χ0v) is 11.1. The number of Topliss-reactive ketones (excluding diaryl/α,β-unsaturated/α-hetero) is 1. The molecule has 0 bridgehead atoms. The van der Waals surface area contributed by atoms with Gasteiger partial charge in [0.1, 0.15) is 11.5 Å². The number of nitrogens with zero attached hydrogens (tertiary/aromatic N) is 1. The molecule has 1 aromatic heterocycles. The molecule has 1 heterocycles. The normalized spacial score (nSPS) is 10.3. The number of rotatable bonds is 6. The molecule has 2 rings (SSSR count). The van der Waals surface area contributed by atoms with Gasteiger partial charge in [0.05, 0.1) is 12.1 Å². The fourth-order valence-corrected chi connectivity index (χ4v) is 2.22. The highest BCUT2D eigenvalue weighted by molar-refractivity contribution is 7.09. The van der Waals surface area contributed by atoms with Crippen LogP contribution in [-0.2, 0) is 11.2 Å². The number of aryl methyl sites for hydroxylation is 1. The van der Waals surface area contributed by atoms with Crippen molar-refractivity contribution < 1.29 is 9.53 Å². The van der Waals surface area contributed by atoms with Gasteiger partial charge in [-0.25, -0.2) is 0 Å². The number of hydrogen-bond acceptors (Lipinski definition) is 4. The van der Waals surface area contributed by atoms with Gasteiger partial charge >= 0.3 is 0 Å². The van der Waals surface area contributed by atoms with Crippen molar-refractivity contribution in [1.82, 2.24) is 4.98 Å². The van der Waals surface area contributed by atoms with Gasteiger partial charge in [-0.1, -0.05) is 12.1 Å². The van der Waals surface area contributed by atoms with Crippen molar-refractivity contribution in [3.8, 4) is 5.75 Å². The molecule has 0 amide bonds. The Morgan fingerprint density at radius 3 is 3.06 bits per heavy atom. The molecule has 4 heteroatoms. The first-order chi connectivity index (χ1) is 8.74. The first-order valence-corrected chi connectivity index (χ1v) is 6.70. The van der Waals surface area contributed by atoms with E-state index in [1.54, 1.807) is 11.7 Å². The summed E-state index contributed by atoms with van der Waals surface area (Å²) in [5, 5.41) is 0. The molecule has 18 heavy (non-hydrogen) atoms. The minimum absolute atomic E-state index is 0.187. The Labute approximate surface area is 110 Å². The maximum Gasteiger partial charge on any atom is 0.141 e. The van der Waals surface area contributed by atoms with Crippen LogP contribution in [0.1, 0.15) is 16.9 Å². The summed E-state index contributed by atoms with van der Waals surface area (Å²) in [5.41, 5.74) is 2.90. The molecule has 0 N–H and O–H groups in total. The average Bonchev–Trinajstić information content (AvgIpc) is 2.82. The molecule has 0 aliphatic carbocycles. The van der Waals surface area contributed by atoms with E-state index in [4.69, 9.17) is 4.74 Å². The van der Waals surface area contributed by atoms with Gasteiger partial charge in [0.15, 0.2) is 0 Å². The van der Waals surface area contributed by atoms with E-state index in [0.717, 1.165) is 16.2 Å². The lowest BCUT2D eigenvalue weighted by molar-refractivity contribution is -0.118. The van der Waals surface area contributed by atoms with Crippen molar-refractivity contribution in [3.63, 3.8) is 0 Å². The molecule has 0 unspecified atom stereocenters. The Bertz CT molecular complexity index is 508. The van der Waals surface area contributed by atoms with Crippen LogP contribution in [0.5, 0.6) is 5.75 Å². The molecular weight excluding hydrogens is 246 g/mol. The molecule has 0 radical (unpaired) electrons. The third-order valence-corrected chi connectivity index (χ3v) is 3.27. The third kappa shape index (κ3) is 3.96. The molecule has 3 nitrogen and oxygen atoms in total. The number of carbonyl (C=O) groups is 1. The second kappa shape index (κ2) is 6.31. The van der Waals surface area contributed by atoms with Crippen LogP contribution in [0, 0.1) is 6.92 Å². The molecule has 0 aliphatic heterocycles. The molecule has 0 aliphatic rings. The summed E-state index contributed by atoms with van der Waals surface area (Å²) in [5.74, 6) is 1.01. The standard InChI is InChI=1S/C14H15NO2S/c1-11-3-2-4-13(7-11)17-6-5-12(16)8-14-9-15-10-18-14/h2-4,7,9-10H,5-6,8H2,1H3. The molecule has 0 fully saturated rings. The Morgan fingerprint density at radius 2 is 2.33 bits per heavy atom. The first kappa shape index (κ1) is 12.8. The summed E-state index contributed by atoms with van der Waals surface area (Å²) in [6, 6.07) is 7.83. The highest BCUT2D eigenvalue weighted by atomic mass is 32.1. The van der Waals surface area contributed by atoms with Gasteiger partial charge in [-0.2, -0.15) is 0 Å². The van der Waals surface area contributed by atoms with Gasteiger partial charge in [0.25, 0.3) is 0 Å². The Balaban J connectivity index is 1.73. The van der Waals surface area contributed by atoms with Crippen molar-refractivity contribution >= 4 is 17.1 Å². The second-order valence-electron chi connectivity index (χ2n) is 4.10. The lowest BCUT2D eigenvalue weighted by Crippen LogP contribution is -2.08. The second-order valence-corrected chi connectivity index (χ2v) is 5.07. The molecule has 0 saturated heterocycles. The van der Waals surface area contributed by atoms with Crippen LogP contribution < -0.4 is 4.74 Å². The summed E-state index contributed by atoms with van der Waals surface area (Å²) in [6.45, 7) is 2.45. The van der Waals surface area contributed by atoms with Gasteiger partial charge < -0.3 is 4.74 Å². The molecule has 0 atom stereocenters. The van der Waals surface area contributed by atoms with Crippen molar-refractivity contribution in [3.05, 3.63) is 46.4 Å². The zero-order chi connectivity index (χ0) is 12.8. The maximum absolute atomic E-state index is 11.7. The van der Waals surface area contributed by atoms with Crippen LogP contribution in [0.3, 0.4) is 0 Å². The predicted molar refractivity (Wildman–Crippen MR) is 72.1 cm³/mol. The number of hydrogen-bond donors (Lipinski definition) is 0. The third-order valence-electron chi connectivity index (χ3n) is 2.49. The summed E-state index contributed by atoms with van der Waals surface area (Å²) in [6.07, 6.45) is 2.64. The van der Waals surface area contributed by atoms with E-state index < -0.39 is 0 Å². The van der Waals surface area contributed by atoms with Crippen molar-refractivity contribution in [2.75, 3.05) is 6.61 Å². The molecule has 0 spiro atoms. The summed E-state index contributed by atoms with van der Waals surface area (Å²) < 4.78 is 5.54. The van der Waals surface area contributed by atoms with Crippen molar-refractivity contribution in [1.29, 1.82) is 0 Å². The van der Waals surface area contributed by atoms with Gasteiger partial charge in [0, 0.05) is 23.9 Å². The Hall–Kier alpha value is -1.68. The molecular formula is C14H15NO2S. The summed E-state index contributed by atoms with van der Waals surface area (Å²) >= 11 is 1.51. The van der Waals surface area contributed by atoms with Gasteiger partial charge in [-0.05, 0) is 24.6 Å². The quantitative estimate of drug-likeness (QED) is 0.802. The zero-order valence-electron chi connectivity index (χ0n) is 10.3. The van der Waals surface area contributed by atoms with Crippen LogP contribution in [0.25, 0.3) is 0 Å². The fourth-order valence-electron chi connectivity index (χ4n) is 1.60. The van der Waals surface area contributed by atoms with E-state index in [0.29, 0.717) is 19.4 Å². The van der Waals surface area contributed by atoms with Gasteiger partial charge in [0.2, 0.25) is 0 Å². The minimum Gasteiger partial charge on any atom is -0.493 e. The first-order valence-electron chi connectivity index (χ1n) is 5.82. The van der Waals surface area contributed by atoms with Crippen LogP contribution >= 0.6 is 11.3 Å². The number of benzene rings is 1. The van der Waals surface area contributed by atoms with Crippen LogP contribution in [0.4, 0.5) is 0 Å². The van der Waals surface area contributed by atoms with E-state index in [1.165, 1.54) is 11.3 Å². The largest absolute Gasteiger partial charge is 0.493 e. The van der Waals surface area contributed by atoms with Crippen LogP contribution in [0.15, 0.2) is 36.0 Å². The lowest BCUT2D eigenvalue weighted by atomic mass is 10.2.